The monoisotopic (exact) mass is 318 g/mol. The van der Waals surface area contributed by atoms with Crippen molar-refractivity contribution in [3.05, 3.63) is 35.9 Å². The van der Waals surface area contributed by atoms with Gasteiger partial charge in [0.2, 0.25) is 0 Å². The van der Waals surface area contributed by atoms with Crippen LogP contribution in [0.1, 0.15) is 30.1 Å². The number of carbonyl (C=O) groups is 2. The highest BCUT2D eigenvalue weighted by Crippen LogP contribution is 2.56. The van der Waals surface area contributed by atoms with Crippen molar-refractivity contribution in [2.75, 3.05) is 6.61 Å². The molecule has 5 atom stereocenters. The number of esters is 1. The van der Waals surface area contributed by atoms with Crippen LogP contribution in [0.25, 0.3) is 0 Å². The second-order valence-corrected chi connectivity index (χ2v) is 6.70. The molecule has 1 N–H and O–H groups in total. The van der Waals surface area contributed by atoms with Gasteiger partial charge in [0, 0.05) is 18.8 Å². The Kier molecular flexibility index (Phi) is 3.13. The molecule has 1 aliphatic carbocycles. The quantitative estimate of drug-likeness (QED) is 0.845. The van der Waals surface area contributed by atoms with Crippen molar-refractivity contribution in [1.29, 1.82) is 0 Å². The van der Waals surface area contributed by atoms with E-state index in [0.717, 1.165) is 0 Å². The van der Waals surface area contributed by atoms with E-state index in [0.29, 0.717) is 5.56 Å². The summed E-state index contributed by atoms with van der Waals surface area (Å²) < 4.78 is 16.8. The Hall–Kier alpha value is -1.76. The predicted octanol–water partition coefficient (Wildman–Crippen LogP) is 1.27. The van der Waals surface area contributed by atoms with E-state index in [4.69, 9.17) is 14.2 Å². The molecule has 122 valence electrons. The average Bonchev–Trinajstić information content (AvgIpc) is 2.69. The number of aliphatic hydroxyl groups is 1. The zero-order chi connectivity index (χ0) is 16.2. The van der Waals surface area contributed by atoms with Crippen molar-refractivity contribution >= 4 is 11.8 Å². The molecule has 4 rings (SSSR count). The number of benzene rings is 1. The molecule has 2 aliphatic heterocycles. The Morgan fingerprint density at radius 2 is 2.09 bits per heavy atom. The first-order valence-corrected chi connectivity index (χ1v) is 7.75. The molecule has 2 unspecified atom stereocenters. The second kappa shape index (κ2) is 4.87. The van der Waals surface area contributed by atoms with Crippen LogP contribution in [-0.4, -0.2) is 41.1 Å². The summed E-state index contributed by atoms with van der Waals surface area (Å²) in [4.78, 5) is 24.4. The van der Waals surface area contributed by atoms with E-state index in [1.807, 2.05) is 6.07 Å². The van der Waals surface area contributed by atoms with Gasteiger partial charge in [0.25, 0.3) is 0 Å². The molecule has 0 aromatic heterocycles. The van der Waals surface area contributed by atoms with Crippen molar-refractivity contribution < 1.29 is 28.9 Å². The minimum atomic E-state index is -1.42. The first-order valence-electron chi connectivity index (χ1n) is 7.75. The lowest BCUT2D eigenvalue weighted by atomic mass is 9.70. The van der Waals surface area contributed by atoms with Crippen LogP contribution in [0.15, 0.2) is 30.3 Å². The SMILES string of the molecule is C[C@]12CC(=O)C3C[C@]1(O)OC(O2)[C@H]3COC(=O)c1ccccc1. The lowest BCUT2D eigenvalue weighted by Crippen LogP contribution is -2.59. The molecular formula is C17H18O6. The molecule has 0 amide bonds. The van der Waals surface area contributed by atoms with Crippen LogP contribution < -0.4 is 0 Å². The normalized spacial score (nSPS) is 41.1. The fourth-order valence-electron chi connectivity index (χ4n) is 3.79. The molecule has 0 radical (unpaired) electrons. The van der Waals surface area contributed by atoms with Gasteiger partial charge in [-0.3, -0.25) is 4.79 Å². The lowest BCUT2D eigenvalue weighted by molar-refractivity contribution is -0.271. The van der Waals surface area contributed by atoms with E-state index >= 15 is 0 Å². The highest BCUT2D eigenvalue weighted by molar-refractivity contribution is 5.89. The topological polar surface area (TPSA) is 82.1 Å². The first kappa shape index (κ1) is 14.8. The van der Waals surface area contributed by atoms with Crippen molar-refractivity contribution in [1.82, 2.24) is 0 Å². The highest BCUT2D eigenvalue weighted by atomic mass is 16.8. The number of ketones is 1. The third-order valence-electron chi connectivity index (χ3n) is 5.22. The summed E-state index contributed by atoms with van der Waals surface area (Å²) in [6.45, 7) is 1.72. The van der Waals surface area contributed by atoms with Crippen molar-refractivity contribution in [2.24, 2.45) is 11.8 Å². The summed E-state index contributed by atoms with van der Waals surface area (Å²) in [5.41, 5.74) is -0.556. The van der Waals surface area contributed by atoms with Crippen molar-refractivity contribution in [3.8, 4) is 0 Å². The first-order chi connectivity index (χ1) is 10.9. The molecule has 3 fully saturated rings. The molecule has 6 heteroatoms. The standard InChI is InChI=1S/C17H18O6/c1-16-8-13(18)11-7-17(16,20)23-15(22-16)12(11)9-21-14(19)10-5-3-2-4-6-10/h2-6,11-12,15,20H,7-9H2,1H3/t11?,12-,15?,16-,17-/m0/s1. The van der Waals surface area contributed by atoms with Gasteiger partial charge in [-0.25, -0.2) is 4.79 Å². The maximum atomic E-state index is 12.3. The van der Waals surface area contributed by atoms with E-state index < -0.39 is 29.6 Å². The number of fused-ring (bicyclic) bond motifs is 2. The number of hydrogen-bond acceptors (Lipinski definition) is 6. The maximum absolute atomic E-state index is 12.3. The molecule has 2 heterocycles. The molecule has 6 nitrogen and oxygen atoms in total. The molecule has 0 spiro atoms. The van der Waals surface area contributed by atoms with Gasteiger partial charge in [-0.1, -0.05) is 18.2 Å². The minimum absolute atomic E-state index is 0.0287. The van der Waals surface area contributed by atoms with Gasteiger partial charge < -0.3 is 19.3 Å². The molecule has 1 saturated carbocycles. The zero-order valence-corrected chi connectivity index (χ0v) is 12.7. The van der Waals surface area contributed by atoms with Crippen LogP contribution >= 0.6 is 0 Å². The fraction of sp³-hybridized carbons (Fsp3) is 0.529. The van der Waals surface area contributed by atoms with Gasteiger partial charge in [-0.15, -0.1) is 0 Å². The molecular weight excluding hydrogens is 300 g/mol. The highest BCUT2D eigenvalue weighted by Gasteiger charge is 2.69. The Labute approximate surface area is 133 Å². The summed E-state index contributed by atoms with van der Waals surface area (Å²) >= 11 is 0. The third-order valence-corrected chi connectivity index (χ3v) is 5.22. The Bertz CT molecular complexity index is 658. The number of Topliss-reactive ketones (excluding diaryl/α,β-unsaturated/α-hetero) is 1. The van der Waals surface area contributed by atoms with Gasteiger partial charge in [0.15, 0.2) is 12.1 Å². The van der Waals surface area contributed by atoms with Crippen LogP contribution in [-0.2, 0) is 19.0 Å². The average molecular weight is 318 g/mol. The number of rotatable bonds is 3. The summed E-state index contributed by atoms with van der Waals surface area (Å²) in [5, 5.41) is 10.6. The van der Waals surface area contributed by atoms with Gasteiger partial charge in [0.1, 0.15) is 18.0 Å². The van der Waals surface area contributed by atoms with Crippen LogP contribution in [0, 0.1) is 11.8 Å². The molecule has 3 aliphatic rings. The summed E-state index contributed by atoms with van der Waals surface area (Å²) in [6, 6.07) is 8.67. The van der Waals surface area contributed by atoms with E-state index in [9.17, 15) is 14.7 Å². The van der Waals surface area contributed by atoms with E-state index in [-0.39, 0.29) is 31.1 Å². The minimum Gasteiger partial charge on any atom is -0.462 e. The molecule has 1 aromatic rings. The molecule has 3 bridgehead atoms. The van der Waals surface area contributed by atoms with Crippen LogP contribution in [0.5, 0.6) is 0 Å². The number of hydrogen-bond donors (Lipinski definition) is 1. The van der Waals surface area contributed by atoms with Crippen LogP contribution in [0.4, 0.5) is 0 Å². The fourth-order valence-corrected chi connectivity index (χ4v) is 3.79. The predicted molar refractivity (Wildman–Crippen MR) is 77.3 cm³/mol. The molecule has 23 heavy (non-hydrogen) atoms. The maximum Gasteiger partial charge on any atom is 0.338 e. The van der Waals surface area contributed by atoms with Crippen molar-refractivity contribution in [2.45, 2.75) is 37.4 Å². The van der Waals surface area contributed by atoms with Gasteiger partial charge >= 0.3 is 5.97 Å². The summed E-state index contributed by atoms with van der Waals surface area (Å²) in [6.07, 6.45) is -0.418. The Morgan fingerprint density at radius 3 is 2.83 bits per heavy atom. The van der Waals surface area contributed by atoms with Crippen LogP contribution in [0.3, 0.4) is 0 Å². The van der Waals surface area contributed by atoms with Gasteiger partial charge in [-0.05, 0) is 19.1 Å². The second-order valence-electron chi connectivity index (χ2n) is 6.70. The smallest absolute Gasteiger partial charge is 0.338 e. The van der Waals surface area contributed by atoms with E-state index in [2.05, 4.69) is 0 Å². The molecule has 2 saturated heterocycles. The molecule has 1 aromatic carbocycles. The summed E-state index contributed by atoms with van der Waals surface area (Å²) in [7, 11) is 0. The largest absolute Gasteiger partial charge is 0.462 e. The lowest BCUT2D eigenvalue weighted by Gasteiger charge is -2.44. The Morgan fingerprint density at radius 1 is 1.35 bits per heavy atom. The number of ether oxygens (including phenoxy) is 3. The van der Waals surface area contributed by atoms with E-state index in [1.54, 1.807) is 31.2 Å². The van der Waals surface area contributed by atoms with Crippen molar-refractivity contribution in [3.63, 3.8) is 0 Å². The Balaban J connectivity index is 1.50. The van der Waals surface area contributed by atoms with E-state index in [1.165, 1.54) is 0 Å². The summed E-state index contributed by atoms with van der Waals surface area (Å²) in [5.74, 6) is -2.63. The number of carbonyl (C=O) groups excluding carboxylic acids is 2. The third kappa shape index (κ3) is 2.13. The van der Waals surface area contributed by atoms with Crippen LogP contribution in [0.2, 0.25) is 0 Å². The zero-order valence-electron chi connectivity index (χ0n) is 12.7. The van der Waals surface area contributed by atoms with Gasteiger partial charge in [0.05, 0.1) is 11.5 Å². The van der Waals surface area contributed by atoms with Gasteiger partial charge in [-0.2, -0.15) is 0 Å².